The summed E-state index contributed by atoms with van der Waals surface area (Å²) < 4.78 is 10.1. The molecule has 5 heteroatoms. The van der Waals surface area contributed by atoms with Gasteiger partial charge in [0.05, 0.1) is 24.0 Å². The summed E-state index contributed by atoms with van der Waals surface area (Å²) in [4.78, 5) is 22.9. The molecule has 0 rings (SSSR count). The Morgan fingerprint density at radius 1 is 0.613 bits per heavy atom. The molecule has 0 aromatic rings. The molecule has 0 aliphatic carbocycles. The lowest BCUT2D eigenvalue weighted by Crippen LogP contribution is -2.26. The van der Waals surface area contributed by atoms with Crippen molar-refractivity contribution in [3.8, 4) is 0 Å². The van der Waals surface area contributed by atoms with E-state index in [4.69, 9.17) is 14.6 Å². The van der Waals surface area contributed by atoms with E-state index in [1.807, 2.05) is 41.5 Å². The first-order valence-electron chi connectivity index (χ1n) is 12.5. The maximum Gasteiger partial charge on any atom is 0.311 e. The first kappa shape index (κ1) is 32.1. The van der Waals surface area contributed by atoms with Gasteiger partial charge < -0.3 is 14.6 Å². The number of rotatable bonds is 17. The van der Waals surface area contributed by atoms with Gasteiger partial charge in [-0.15, -0.1) is 0 Å². The highest BCUT2D eigenvalue weighted by Crippen LogP contribution is 2.22. The Hall–Kier alpha value is -1.10. The van der Waals surface area contributed by atoms with Gasteiger partial charge in [-0.25, -0.2) is 0 Å². The van der Waals surface area contributed by atoms with Gasteiger partial charge in [0.1, 0.15) is 6.61 Å². The molecule has 0 unspecified atom stereocenters. The second-order valence-corrected chi connectivity index (χ2v) is 9.65. The van der Waals surface area contributed by atoms with Gasteiger partial charge in [0.15, 0.2) is 0 Å². The van der Waals surface area contributed by atoms with Gasteiger partial charge >= 0.3 is 11.9 Å². The molecule has 0 aliphatic heterocycles. The average molecular weight is 445 g/mol. The second-order valence-electron chi connectivity index (χ2n) is 9.65. The Kier molecular flexibility index (Phi) is 20.3. The van der Waals surface area contributed by atoms with Crippen LogP contribution in [0.2, 0.25) is 0 Å². The molecule has 1 N–H and O–H groups in total. The summed E-state index contributed by atoms with van der Waals surface area (Å²) in [5.41, 5.74) is -0.742. The molecule has 186 valence electrons. The van der Waals surface area contributed by atoms with Crippen LogP contribution in [0.4, 0.5) is 0 Å². The van der Waals surface area contributed by atoms with E-state index in [0.29, 0.717) is 6.61 Å². The van der Waals surface area contributed by atoms with E-state index in [2.05, 4.69) is 6.92 Å². The van der Waals surface area contributed by atoms with Gasteiger partial charge in [-0.1, -0.05) is 78.6 Å². The summed E-state index contributed by atoms with van der Waals surface area (Å²) in [6.07, 6.45) is 14.7. The minimum absolute atomic E-state index is 0.0454. The Bertz CT molecular complexity index is 443. The minimum Gasteiger partial charge on any atom is -0.465 e. The van der Waals surface area contributed by atoms with E-state index in [1.54, 1.807) is 0 Å². The SMILES string of the molecule is CCC(C)(C)C(=O)OCCO.CCCCCCCCCCCCOC(=O)C(C)(C)CC. The van der Waals surface area contributed by atoms with Crippen molar-refractivity contribution < 1.29 is 24.2 Å². The van der Waals surface area contributed by atoms with Crippen LogP contribution in [0.1, 0.15) is 126 Å². The first-order valence-corrected chi connectivity index (χ1v) is 12.5. The molecule has 0 spiro atoms. The summed E-state index contributed by atoms with van der Waals surface area (Å²) in [6.45, 7) is 14.4. The third-order valence-corrected chi connectivity index (χ3v) is 5.93. The molecule has 0 aliphatic rings. The first-order chi connectivity index (χ1) is 14.6. The van der Waals surface area contributed by atoms with E-state index in [1.165, 1.54) is 57.8 Å². The Balaban J connectivity index is 0. The summed E-state index contributed by atoms with van der Waals surface area (Å²) in [6, 6.07) is 0. The minimum atomic E-state index is -0.421. The zero-order valence-corrected chi connectivity index (χ0v) is 21.7. The number of unbranched alkanes of at least 4 members (excludes halogenated alkanes) is 9. The van der Waals surface area contributed by atoms with Crippen LogP contribution in [0.15, 0.2) is 0 Å². The maximum absolute atomic E-state index is 11.7. The monoisotopic (exact) mass is 444 g/mol. The molecule has 31 heavy (non-hydrogen) atoms. The molecule has 0 bridgehead atoms. The van der Waals surface area contributed by atoms with Crippen molar-refractivity contribution in [1.82, 2.24) is 0 Å². The number of carbonyl (C=O) groups excluding carboxylic acids is 2. The van der Waals surface area contributed by atoms with Gasteiger partial charge in [0.25, 0.3) is 0 Å². The van der Waals surface area contributed by atoms with Crippen LogP contribution < -0.4 is 0 Å². The zero-order valence-electron chi connectivity index (χ0n) is 21.7. The quantitative estimate of drug-likeness (QED) is 0.196. The molecular weight excluding hydrogens is 392 g/mol. The molecular formula is C26H52O5. The Morgan fingerprint density at radius 3 is 1.32 bits per heavy atom. The molecule has 0 aromatic heterocycles. The van der Waals surface area contributed by atoms with Crippen LogP contribution in [0.25, 0.3) is 0 Å². The number of aliphatic hydroxyl groups is 1. The highest BCUT2D eigenvalue weighted by atomic mass is 16.5. The number of hydrogen-bond donors (Lipinski definition) is 1. The van der Waals surface area contributed by atoms with E-state index in [9.17, 15) is 9.59 Å². The van der Waals surface area contributed by atoms with Crippen LogP contribution in [0, 0.1) is 10.8 Å². The number of ether oxygens (including phenoxy) is 2. The highest BCUT2D eigenvalue weighted by molar-refractivity contribution is 5.76. The van der Waals surface area contributed by atoms with Crippen molar-refractivity contribution in [2.45, 2.75) is 126 Å². The van der Waals surface area contributed by atoms with Gasteiger partial charge in [-0.05, 0) is 47.0 Å². The van der Waals surface area contributed by atoms with Crippen LogP contribution in [-0.4, -0.2) is 36.9 Å². The lowest BCUT2D eigenvalue weighted by atomic mass is 9.91. The van der Waals surface area contributed by atoms with Crippen LogP contribution in [-0.2, 0) is 19.1 Å². The van der Waals surface area contributed by atoms with E-state index in [-0.39, 0.29) is 30.6 Å². The lowest BCUT2D eigenvalue weighted by molar-refractivity contribution is -0.155. The summed E-state index contributed by atoms with van der Waals surface area (Å²) >= 11 is 0. The predicted octanol–water partition coefficient (Wildman–Crippen LogP) is 6.84. The van der Waals surface area contributed by atoms with E-state index in [0.717, 1.165) is 19.3 Å². The molecule has 0 atom stereocenters. The molecule has 0 saturated heterocycles. The van der Waals surface area contributed by atoms with Crippen molar-refractivity contribution in [1.29, 1.82) is 0 Å². The predicted molar refractivity (Wildman–Crippen MR) is 129 cm³/mol. The second kappa shape index (κ2) is 19.6. The summed E-state index contributed by atoms with van der Waals surface area (Å²) in [7, 11) is 0. The fourth-order valence-corrected chi connectivity index (χ4v) is 2.57. The van der Waals surface area contributed by atoms with Crippen LogP contribution >= 0.6 is 0 Å². The summed E-state index contributed by atoms with van der Waals surface area (Å²) in [5.74, 6) is -0.287. The average Bonchev–Trinajstić information content (AvgIpc) is 2.75. The smallest absolute Gasteiger partial charge is 0.311 e. The number of hydrogen-bond acceptors (Lipinski definition) is 5. The van der Waals surface area contributed by atoms with Gasteiger partial charge in [-0.3, -0.25) is 9.59 Å². The Labute approximate surface area is 192 Å². The van der Waals surface area contributed by atoms with Gasteiger partial charge in [-0.2, -0.15) is 0 Å². The maximum atomic E-state index is 11.7. The zero-order chi connectivity index (χ0) is 24.2. The highest BCUT2D eigenvalue weighted by Gasteiger charge is 2.27. The summed E-state index contributed by atoms with van der Waals surface area (Å²) in [5, 5.41) is 8.38. The van der Waals surface area contributed by atoms with Gasteiger partial charge in [0.2, 0.25) is 0 Å². The fourth-order valence-electron chi connectivity index (χ4n) is 2.57. The van der Waals surface area contributed by atoms with Crippen molar-refractivity contribution in [2.24, 2.45) is 10.8 Å². The molecule has 0 amide bonds. The number of carbonyl (C=O) groups is 2. The number of esters is 2. The molecule has 5 nitrogen and oxygen atoms in total. The molecule has 0 heterocycles. The largest absolute Gasteiger partial charge is 0.465 e. The Morgan fingerprint density at radius 2 is 0.968 bits per heavy atom. The third-order valence-electron chi connectivity index (χ3n) is 5.93. The van der Waals surface area contributed by atoms with Crippen molar-refractivity contribution >= 4 is 11.9 Å². The third kappa shape index (κ3) is 18.2. The lowest BCUT2D eigenvalue weighted by Gasteiger charge is -2.20. The molecule has 0 aromatic carbocycles. The van der Waals surface area contributed by atoms with Crippen LogP contribution in [0.5, 0.6) is 0 Å². The van der Waals surface area contributed by atoms with E-state index < -0.39 is 5.41 Å². The topological polar surface area (TPSA) is 72.8 Å². The molecule has 0 radical (unpaired) electrons. The molecule has 0 fully saturated rings. The van der Waals surface area contributed by atoms with Crippen molar-refractivity contribution in [2.75, 3.05) is 19.8 Å². The standard InChI is InChI=1S/C18H36O2.C8H16O3/c1-5-7-8-9-10-11-12-13-14-15-16-20-17(19)18(3,4)6-2;1-4-8(2,3)7(10)11-6-5-9/h5-16H2,1-4H3;9H,4-6H2,1-3H3. The molecule has 0 saturated carbocycles. The number of aliphatic hydroxyl groups excluding tert-OH is 1. The fraction of sp³-hybridized carbons (Fsp3) is 0.923. The van der Waals surface area contributed by atoms with E-state index >= 15 is 0 Å². The van der Waals surface area contributed by atoms with Gasteiger partial charge in [0, 0.05) is 0 Å². The van der Waals surface area contributed by atoms with Crippen LogP contribution in [0.3, 0.4) is 0 Å². The normalized spacial score (nSPS) is 11.5. The van der Waals surface area contributed by atoms with Crippen molar-refractivity contribution in [3.63, 3.8) is 0 Å². The van der Waals surface area contributed by atoms with Crippen molar-refractivity contribution in [3.05, 3.63) is 0 Å².